The second kappa shape index (κ2) is 2.09. The first-order valence-corrected chi connectivity index (χ1v) is 2.43. The number of hydrogen-bond acceptors (Lipinski definition) is 2. The minimum atomic E-state index is 0.383. The van der Waals surface area contributed by atoms with Gasteiger partial charge in [-0.15, -0.1) is 0 Å². The molecule has 1 aliphatic rings. The summed E-state index contributed by atoms with van der Waals surface area (Å²) in [6.07, 6.45) is 4.07. The Morgan fingerprint density at radius 2 is 2.71 bits per heavy atom. The molecule has 2 nitrogen and oxygen atoms in total. The van der Waals surface area contributed by atoms with Gasteiger partial charge in [-0.1, -0.05) is 12.2 Å². The van der Waals surface area contributed by atoms with Gasteiger partial charge in [-0.05, 0) is 6.92 Å². The fourth-order valence-corrected chi connectivity index (χ4v) is 0.527. The first-order chi connectivity index (χ1) is 3.39. The van der Waals surface area contributed by atoms with Gasteiger partial charge in [0.05, 0.1) is 6.61 Å². The number of rotatable bonds is 0. The zero-order chi connectivity index (χ0) is 5.11. The van der Waals surface area contributed by atoms with Crippen LogP contribution in [0.5, 0.6) is 0 Å². The minimum Gasteiger partial charge on any atom is -0.297 e. The summed E-state index contributed by atoms with van der Waals surface area (Å²) in [5.41, 5.74) is 2.80. The molecule has 0 saturated heterocycles. The number of nitrogens with one attached hydrogen (secondary N) is 1. The third kappa shape index (κ3) is 1.29. The van der Waals surface area contributed by atoms with Gasteiger partial charge in [0.1, 0.15) is 0 Å². The van der Waals surface area contributed by atoms with Crippen LogP contribution in [0.1, 0.15) is 6.92 Å². The normalized spacial score (nSPS) is 30.7. The van der Waals surface area contributed by atoms with Crippen LogP contribution < -0.4 is 5.48 Å². The zero-order valence-corrected chi connectivity index (χ0v) is 4.35. The van der Waals surface area contributed by atoms with Crippen molar-refractivity contribution in [3.8, 4) is 0 Å². The smallest absolute Gasteiger partial charge is 0.0864 e. The standard InChI is InChI=1S/C5H9NO/c1-5-3-2-4-7-6-5/h2-3,5-6H,4H2,1H3. The summed E-state index contributed by atoms with van der Waals surface area (Å²) in [5, 5.41) is 0. The number of hydrogen-bond donors (Lipinski definition) is 1. The molecule has 7 heavy (non-hydrogen) atoms. The summed E-state index contributed by atoms with van der Waals surface area (Å²) in [5.74, 6) is 0. The van der Waals surface area contributed by atoms with Crippen LogP contribution in [-0.2, 0) is 4.84 Å². The second-order valence-corrected chi connectivity index (χ2v) is 1.65. The third-order valence-corrected chi connectivity index (χ3v) is 0.874. The maximum absolute atomic E-state index is 4.84. The Morgan fingerprint density at radius 3 is 3.00 bits per heavy atom. The van der Waals surface area contributed by atoms with Crippen molar-refractivity contribution in [3.63, 3.8) is 0 Å². The van der Waals surface area contributed by atoms with Crippen molar-refractivity contribution in [3.05, 3.63) is 12.2 Å². The molecule has 1 atom stereocenters. The Balaban J connectivity index is 2.36. The summed E-state index contributed by atoms with van der Waals surface area (Å²) in [7, 11) is 0. The highest BCUT2D eigenvalue weighted by atomic mass is 16.6. The first-order valence-electron chi connectivity index (χ1n) is 2.43. The van der Waals surface area contributed by atoms with Crippen molar-refractivity contribution < 1.29 is 4.84 Å². The van der Waals surface area contributed by atoms with Crippen LogP contribution in [0.2, 0.25) is 0 Å². The Kier molecular flexibility index (Phi) is 1.44. The van der Waals surface area contributed by atoms with Gasteiger partial charge in [-0.25, -0.2) is 0 Å². The molecule has 1 aliphatic heterocycles. The van der Waals surface area contributed by atoms with Crippen molar-refractivity contribution >= 4 is 0 Å². The van der Waals surface area contributed by atoms with E-state index in [0.29, 0.717) is 12.6 Å². The zero-order valence-electron chi connectivity index (χ0n) is 4.35. The van der Waals surface area contributed by atoms with E-state index in [-0.39, 0.29) is 0 Å². The van der Waals surface area contributed by atoms with Crippen molar-refractivity contribution in [1.82, 2.24) is 5.48 Å². The van der Waals surface area contributed by atoms with Gasteiger partial charge in [0.2, 0.25) is 0 Å². The second-order valence-electron chi connectivity index (χ2n) is 1.65. The van der Waals surface area contributed by atoms with Crippen LogP contribution in [0.25, 0.3) is 0 Å². The molecule has 2 heteroatoms. The maximum atomic E-state index is 4.84. The van der Waals surface area contributed by atoms with Crippen LogP contribution in [0, 0.1) is 0 Å². The van der Waals surface area contributed by atoms with E-state index in [1.165, 1.54) is 0 Å². The van der Waals surface area contributed by atoms with Gasteiger partial charge >= 0.3 is 0 Å². The van der Waals surface area contributed by atoms with Gasteiger partial charge < -0.3 is 0 Å². The minimum absolute atomic E-state index is 0.383. The SMILES string of the molecule is CC1C=CCON1. The van der Waals surface area contributed by atoms with Crippen molar-refractivity contribution in [2.24, 2.45) is 0 Å². The Labute approximate surface area is 43.1 Å². The summed E-state index contributed by atoms with van der Waals surface area (Å²) in [6.45, 7) is 2.74. The van der Waals surface area contributed by atoms with Crippen LogP contribution in [0.15, 0.2) is 12.2 Å². The molecule has 0 spiro atoms. The van der Waals surface area contributed by atoms with Crippen molar-refractivity contribution in [1.29, 1.82) is 0 Å². The highest BCUT2D eigenvalue weighted by Gasteiger charge is 1.97. The molecular weight excluding hydrogens is 90.1 g/mol. The average Bonchev–Trinajstić information content (AvgIpc) is 1.69. The maximum Gasteiger partial charge on any atom is 0.0864 e. The van der Waals surface area contributed by atoms with Gasteiger partial charge in [-0.3, -0.25) is 4.84 Å². The van der Waals surface area contributed by atoms with Crippen LogP contribution in [-0.4, -0.2) is 12.6 Å². The summed E-state index contributed by atoms with van der Waals surface area (Å²) in [4.78, 5) is 4.84. The number of hydroxylamine groups is 1. The predicted molar refractivity (Wildman–Crippen MR) is 27.7 cm³/mol. The van der Waals surface area contributed by atoms with E-state index in [0.717, 1.165) is 0 Å². The largest absolute Gasteiger partial charge is 0.297 e. The lowest BCUT2D eigenvalue weighted by Crippen LogP contribution is -2.27. The van der Waals surface area contributed by atoms with Crippen LogP contribution in [0.3, 0.4) is 0 Å². The summed E-state index contributed by atoms with van der Waals surface area (Å²) in [6, 6.07) is 0.383. The molecule has 0 aliphatic carbocycles. The fourth-order valence-electron chi connectivity index (χ4n) is 0.527. The van der Waals surface area contributed by atoms with Gasteiger partial charge in [-0.2, -0.15) is 5.48 Å². The van der Waals surface area contributed by atoms with Crippen LogP contribution >= 0.6 is 0 Å². The van der Waals surface area contributed by atoms with Crippen LogP contribution in [0.4, 0.5) is 0 Å². The Morgan fingerprint density at radius 1 is 1.86 bits per heavy atom. The summed E-state index contributed by atoms with van der Waals surface area (Å²) >= 11 is 0. The van der Waals surface area contributed by atoms with E-state index in [1.54, 1.807) is 0 Å². The molecule has 0 aromatic rings. The molecule has 40 valence electrons. The molecule has 0 amide bonds. The molecule has 0 saturated carbocycles. The van der Waals surface area contributed by atoms with Gasteiger partial charge in [0.15, 0.2) is 0 Å². The monoisotopic (exact) mass is 99.1 g/mol. The van der Waals surface area contributed by atoms with Crippen molar-refractivity contribution in [2.45, 2.75) is 13.0 Å². The fraction of sp³-hybridized carbons (Fsp3) is 0.600. The van der Waals surface area contributed by atoms with E-state index >= 15 is 0 Å². The molecule has 1 heterocycles. The molecular formula is C5H9NO. The third-order valence-electron chi connectivity index (χ3n) is 0.874. The lowest BCUT2D eigenvalue weighted by atomic mass is 10.3. The molecule has 0 aromatic carbocycles. The first kappa shape index (κ1) is 4.81. The lowest BCUT2D eigenvalue weighted by molar-refractivity contribution is 0.0409. The van der Waals surface area contributed by atoms with E-state index in [9.17, 15) is 0 Å². The molecule has 0 fully saturated rings. The topological polar surface area (TPSA) is 21.3 Å². The van der Waals surface area contributed by atoms with E-state index in [1.807, 2.05) is 13.0 Å². The average molecular weight is 99.1 g/mol. The highest BCUT2D eigenvalue weighted by molar-refractivity contribution is 4.91. The molecule has 0 aromatic heterocycles. The predicted octanol–water partition coefficient (Wildman–Crippen LogP) is 0.466. The molecule has 1 N–H and O–H groups in total. The van der Waals surface area contributed by atoms with E-state index in [2.05, 4.69) is 11.6 Å². The van der Waals surface area contributed by atoms with Crippen molar-refractivity contribution in [2.75, 3.05) is 6.61 Å². The van der Waals surface area contributed by atoms with Gasteiger partial charge in [0.25, 0.3) is 0 Å². The Hall–Kier alpha value is -0.340. The molecule has 0 radical (unpaired) electrons. The Bertz CT molecular complexity index is 80.1. The molecule has 1 unspecified atom stereocenters. The molecule has 1 rings (SSSR count). The van der Waals surface area contributed by atoms with Gasteiger partial charge in [0, 0.05) is 6.04 Å². The molecule has 0 bridgehead atoms. The highest BCUT2D eigenvalue weighted by Crippen LogP contribution is 1.90. The quantitative estimate of drug-likeness (QED) is 0.445. The van der Waals surface area contributed by atoms with E-state index in [4.69, 9.17) is 4.84 Å². The van der Waals surface area contributed by atoms with E-state index < -0.39 is 0 Å². The lowest BCUT2D eigenvalue weighted by Gasteiger charge is -2.11. The summed E-state index contributed by atoms with van der Waals surface area (Å²) < 4.78 is 0.